The third kappa shape index (κ3) is 0.871. The lowest BCUT2D eigenvalue weighted by molar-refractivity contribution is -0.345. The molecule has 0 atom stereocenters. The van der Waals surface area contributed by atoms with Gasteiger partial charge in [-0.2, -0.15) is 0 Å². The molecular formula is C9H9N2O+. The van der Waals surface area contributed by atoms with E-state index in [0.29, 0.717) is 11.2 Å². The van der Waals surface area contributed by atoms with Crippen molar-refractivity contribution in [2.45, 2.75) is 0 Å². The lowest BCUT2D eigenvalue weighted by atomic mass is 10.2. The second kappa shape index (κ2) is 2.37. The van der Waals surface area contributed by atoms with Crippen molar-refractivity contribution in [1.29, 1.82) is 0 Å². The highest BCUT2D eigenvalue weighted by Crippen LogP contribution is 2.24. The van der Waals surface area contributed by atoms with Crippen LogP contribution >= 0.6 is 0 Å². The number of aromatic nitrogens is 1. The smallest absolute Gasteiger partial charge is 0.255 e. The van der Waals surface area contributed by atoms with E-state index in [1.807, 2.05) is 12.1 Å². The van der Waals surface area contributed by atoms with Gasteiger partial charge in [-0.25, -0.2) is 4.98 Å². The Kier molecular flexibility index (Phi) is 1.37. The highest BCUT2D eigenvalue weighted by Gasteiger charge is 2.07. The van der Waals surface area contributed by atoms with Gasteiger partial charge in [-0.3, -0.25) is 0 Å². The third-order valence-electron chi connectivity index (χ3n) is 1.84. The number of H-pyrrole nitrogens is 1. The summed E-state index contributed by atoms with van der Waals surface area (Å²) >= 11 is 0. The molecule has 4 N–H and O–H groups in total. The number of aromatic hydroxyl groups is 1. The molecule has 1 aromatic heterocycles. The molecule has 0 aliphatic heterocycles. The van der Waals surface area contributed by atoms with E-state index >= 15 is 0 Å². The first kappa shape index (κ1) is 6.91. The van der Waals surface area contributed by atoms with Crippen LogP contribution in [-0.4, -0.2) is 5.11 Å². The number of pyridine rings is 1. The number of hydrogen-bond donors (Lipinski definition) is 2. The van der Waals surface area contributed by atoms with E-state index in [4.69, 9.17) is 5.73 Å². The van der Waals surface area contributed by atoms with Gasteiger partial charge in [-0.05, 0) is 18.2 Å². The summed E-state index contributed by atoms with van der Waals surface area (Å²) in [5.41, 5.74) is 7.04. The number of phenols is 1. The minimum absolute atomic E-state index is 0.222. The highest BCUT2D eigenvalue weighted by molar-refractivity contribution is 5.91. The molecule has 0 radical (unpaired) electrons. The van der Waals surface area contributed by atoms with Crippen LogP contribution in [0.1, 0.15) is 0 Å². The van der Waals surface area contributed by atoms with E-state index in [2.05, 4.69) is 4.98 Å². The van der Waals surface area contributed by atoms with Crippen molar-refractivity contribution in [2.75, 3.05) is 5.73 Å². The van der Waals surface area contributed by atoms with Gasteiger partial charge in [0.15, 0.2) is 11.9 Å². The predicted octanol–water partition coefficient (Wildman–Crippen LogP) is 0.942. The SMILES string of the molecule is Nc1ccc(O)c2[nH+]cccc12. The number of phenolic OH excluding ortho intramolecular Hbond substituents is 1. The summed E-state index contributed by atoms with van der Waals surface area (Å²) in [5.74, 6) is 0.222. The largest absolute Gasteiger partial charge is 0.502 e. The lowest BCUT2D eigenvalue weighted by Gasteiger charge is -1.97. The minimum Gasteiger partial charge on any atom is -0.502 e. The number of anilines is 1. The number of benzene rings is 1. The Morgan fingerprint density at radius 2 is 2.08 bits per heavy atom. The van der Waals surface area contributed by atoms with E-state index in [-0.39, 0.29) is 5.75 Å². The van der Waals surface area contributed by atoms with Gasteiger partial charge < -0.3 is 10.8 Å². The maximum absolute atomic E-state index is 9.41. The number of nitrogens with two attached hydrogens (primary N) is 1. The summed E-state index contributed by atoms with van der Waals surface area (Å²) in [5, 5.41) is 10.3. The van der Waals surface area contributed by atoms with Crippen molar-refractivity contribution in [1.82, 2.24) is 0 Å². The van der Waals surface area contributed by atoms with Crippen molar-refractivity contribution >= 4 is 16.6 Å². The van der Waals surface area contributed by atoms with E-state index < -0.39 is 0 Å². The molecule has 0 unspecified atom stereocenters. The molecule has 0 fully saturated rings. The van der Waals surface area contributed by atoms with Gasteiger partial charge in [-0.1, -0.05) is 0 Å². The summed E-state index contributed by atoms with van der Waals surface area (Å²) in [6.07, 6.45) is 1.75. The maximum Gasteiger partial charge on any atom is 0.255 e. The van der Waals surface area contributed by atoms with Gasteiger partial charge in [0, 0.05) is 11.8 Å². The maximum atomic E-state index is 9.41. The number of rotatable bonds is 0. The molecule has 3 heteroatoms. The fourth-order valence-electron chi connectivity index (χ4n) is 1.23. The monoisotopic (exact) mass is 161 g/mol. The Morgan fingerprint density at radius 3 is 2.83 bits per heavy atom. The molecule has 0 saturated carbocycles. The molecule has 0 spiro atoms. The van der Waals surface area contributed by atoms with Crippen LogP contribution in [-0.2, 0) is 0 Å². The van der Waals surface area contributed by atoms with Gasteiger partial charge in [0.2, 0.25) is 0 Å². The zero-order valence-corrected chi connectivity index (χ0v) is 6.41. The van der Waals surface area contributed by atoms with Gasteiger partial charge in [-0.15, -0.1) is 0 Å². The molecule has 12 heavy (non-hydrogen) atoms. The number of nitrogen functional groups attached to an aromatic ring is 1. The normalized spacial score (nSPS) is 10.3. The Hall–Kier alpha value is -1.77. The molecule has 3 nitrogen and oxygen atoms in total. The summed E-state index contributed by atoms with van der Waals surface area (Å²) in [6, 6.07) is 6.97. The van der Waals surface area contributed by atoms with Gasteiger partial charge in [0.1, 0.15) is 0 Å². The van der Waals surface area contributed by atoms with Crippen LogP contribution in [0.4, 0.5) is 5.69 Å². The lowest BCUT2D eigenvalue weighted by Crippen LogP contribution is -2.02. The Labute approximate surface area is 69.5 Å². The summed E-state index contributed by atoms with van der Waals surface area (Å²) < 4.78 is 0. The van der Waals surface area contributed by atoms with Crippen LogP contribution in [0.5, 0.6) is 5.75 Å². The number of nitrogens with one attached hydrogen (secondary N) is 1. The Bertz CT molecular complexity index is 385. The molecule has 1 heterocycles. The van der Waals surface area contributed by atoms with Crippen molar-refractivity contribution in [3.05, 3.63) is 30.5 Å². The molecule has 0 aliphatic rings. The molecule has 1 aromatic carbocycles. The highest BCUT2D eigenvalue weighted by atomic mass is 16.3. The standard InChI is InChI=1S/C9H8N2O/c10-7-3-4-8(12)9-6(7)2-1-5-11-9/h1-5,12H,10H2/p+1. The van der Waals surface area contributed by atoms with E-state index in [9.17, 15) is 5.11 Å². The first-order valence-electron chi connectivity index (χ1n) is 3.67. The summed E-state index contributed by atoms with van der Waals surface area (Å²) in [6.45, 7) is 0. The van der Waals surface area contributed by atoms with Crippen LogP contribution in [0.25, 0.3) is 10.9 Å². The fraction of sp³-hybridized carbons (Fsp3) is 0. The molecular weight excluding hydrogens is 152 g/mol. The molecule has 0 aliphatic carbocycles. The first-order valence-corrected chi connectivity index (χ1v) is 3.67. The predicted molar refractivity (Wildman–Crippen MR) is 46.6 cm³/mol. The average Bonchev–Trinajstić information content (AvgIpc) is 2.12. The topological polar surface area (TPSA) is 60.4 Å². The zero-order chi connectivity index (χ0) is 8.55. The van der Waals surface area contributed by atoms with E-state index in [1.54, 1.807) is 18.3 Å². The summed E-state index contributed by atoms with van der Waals surface area (Å²) in [7, 11) is 0. The molecule has 0 bridgehead atoms. The van der Waals surface area contributed by atoms with Gasteiger partial charge >= 0.3 is 0 Å². The molecule has 2 aromatic rings. The fourth-order valence-corrected chi connectivity index (χ4v) is 1.23. The van der Waals surface area contributed by atoms with Gasteiger partial charge in [0.05, 0.1) is 5.39 Å². The van der Waals surface area contributed by atoms with Gasteiger partial charge in [0.25, 0.3) is 5.52 Å². The van der Waals surface area contributed by atoms with Crippen LogP contribution in [0.15, 0.2) is 30.5 Å². The molecule has 60 valence electrons. The Balaban J connectivity index is 2.95. The van der Waals surface area contributed by atoms with Crippen LogP contribution in [0.2, 0.25) is 0 Å². The molecule has 0 amide bonds. The Morgan fingerprint density at radius 1 is 1.25 bits per heavy atom. The quantitative estimate of drug-likeness (QED) is 0.446. The minimum atomic E-state index is 0.222. The van der Waals surface area contributed by atoms with Crippen molar-refractivity contribution < 1.29 is 10.1 Å². The zero-order valence-electron chi connectivity index (χ0n) is 6.41. The van der Waals surface area contributed by atoms with Crippen LogP contribution < -0.4 is 10.7 Å². The third-order valence-corrected chi connectivity index (χ3v) is 1.84. The number of fused-ring (bicyclic) bond motifs is 1. The number of aromatic amines is 1. The first-order chi connectivity index (χ1) is 5.79. The van der Waals surface area contributed by atoms with Crippen molar-refractivity contribution in [3.63, 3.8) is 0 Å². The van der Waals surface area contributed by atoms with Crippen molar-refractivity contribution in [2.24, 2.45) is 0 Å². The second-order valence-electron chi connectivity index (χ2n) is 2.63. The van der Waals surface area contributed by atoms with Crippen molar-refractivity contribution in [3.8, 4) is 5.75 Å². The van der Waals surface area contributed by atoms with E-state index in [1.165, 1.54) is 0 Å². The summed E-state index contributed by atoms with van der Waals surface area (Å²) in [4.78, 5) is 2.93. The molecule has 0 saturated heterocycles. The second-order valence-corrected chi connectivity index (χ2v) is 2.63. The van der Waals surface area contributed by atoms with E-state index in [0.717, 1.165) is 5.39 Å². The van der Waals surface area contributed by atoms with Crippen LogP contribution in [0.3, 0.4) is 0 Å². The van der Waals surface area contributed by atoms with Crippen LogP contribution in [0, 0.1) is 0 Å². The number of hydrogen-bond acceptors (Lipinski definition) is 2. The molecule has 2 rings (SSSR count). The average molecular weight is 161 g/mol.